The lowest BCUT2D eigenvalue weighted by Gasteiger charge is -2.14. The van der Waals surface area contributed by atoms with E-state index in [1.807, 2.05) is 38.2 Å². The van der Waals surface area contributed by atoms with E-state index in [-0.39, 0.29) is 11.9 Å². The first-order chi connectivity index (χ1) is 11.0. The van der Waals surface area contributed by atoms with Crippen molar-refractivity contribution in [3.8, 4) is 0 Å². The Morgan fingerprint density at radius 3 is 2.87 bits per heavy atom. The summed E-state index contributed by atoms with van der Waals surface area (Å²) >= 11 is 1.82. The van der Waals surface area contributed by atoms with Crippen molar-refractivity contribution in [2.24, 2.45) is 0 Å². The zero-order valence-corrected chi connectivity index (χ0v) is 14.9. The van der Waals surface area contributed by atoms with E-state index in [9.17, 15) is 4.79 Å². The maximum Gasteiger partial charge on any atom is 0.244 e. The van der Waals surface area contributed by atoms with Crippen molar-refractivity contribution >= 4 is 17.2 Å². The number of nitrogens with one attached hydrogen (secondary N) is 1. The Balaban J connectivity index is 1.53. The molecule has 2 aromatic heterocycles. The van der Waals surface area contributed by atoms with Crippen LogP contribution in [0.5, 0.6) is 0 Å². The first-order valence-electron chi connectivity index (χ1n) is 8.32. The summed E-state index contributed by atoms with van der Waals surface area (Å²) in [6.07, 6.45) is 5.65. The van der Waals surface area contributed by atoms with Crippen molar-refractivity contribution in [2.75, 3.05) is 6.54 Å². The van der Waals surface area contributed by atoms with Gasteiger partial charge < -0.3 is 5.32 Å². The van der Waals surface area contributed by atoms with Crippen molar-refractivity contribution in [2.45, 2.75) is 58.9 Å². The molecule has 0 bridgehead atoms. The third-order valence-electron chi connectivity index (χ3n) is 4.32. The lowest BCUT2D eigenvalue weighted by molar-refractivity contribution is -0.124. The highest BCUT2D eigenvalue weighted by atomic mass is 32.1. The highest BCUT2D eigenvalue weighted by Crippen LogP contribution is 2.26. The summed E-state index contributed by atoms with van der Waals surface area (Å²) < 4.78 is 1.78. The molecule has 1 aliphatic rings. The van der Waals surface area contributed by atoms with E-state index < -0.39 is 0 Å². The number of carbonyl (C=O) groups excluding carboxylic acids is 1. The lowest BCUT2D eigenvalue weighted by atomic mass is 10.0. The molecule has 3 rings (SSSR count). The van der Waals surface area contributed by atoms with E-state index in [2.05, 4.69) is 10.4 Å². The van der Waals surface area contributed by atoms with E-state index in [4.69, 9.17) is 4.98 Å². The van der Waals surface area contributed by atoms with Gasteiger partial charge in [0.25, 0.3) is 0 Å². The fourth-order valence-corrected chi connectivity index (χ4v) is 4.26. The maximum absolute atomic E-state index is 12.3. The molecule has 1 N–H and O–H groups in total. The molecule has 124 valence electrons. The molecule has 1 atom stereocenters. The Morgan fingerprint density at radius 2 is 2.17 bits per heavy atom. The van der Waals surface area contributed by atoms with Crippen LogP contribution < -0.4 is 5.32 Å². The minimum atomic E-state index is -0.284. The van der Waals surface area contributed by atoms with Gasteiger partial charge in [0.2, 0.25) is 5.91 Å². The van der Waals surface area contributed by atoms with Gasteiger partial charge in [0.15, 0.2) is 0 Å². The van der Waals surface area contributed by atoms with Gasteiger partial charge in [0, 0.05) is 23.5 Å². The fourth-order valence-electron chi connectivity index (χ4n) is 3.10. The Morgan fingerprint density at radius 1 is 1.39 bits per heavy atom. The van der Waals surface area contributed by atoms with Gasteiger partial charge >= 0.3 is 0 Å². The molecule has 0 aromatic carbocycles. The molecular formula is C17H24N4OS. The quantitative estimate of drug-likeness (QED) is 0.916. The molecule has 0 aliphatic heterocycles. The second-order valence-electron chi connectivity index (χ2n) is 6.27. The zero-order chi connectivity index (χ0) is 16.4. The van der Waals surface area contributed by atoms with Crippen LogP contribution in [0.25, 0.3) is 0 Å². The molecule has 5 nitrogen and oxygen atoms in total. The summed E-state index contributed by atoms with van der Waals surface area (Å²) in [5, 5.41) is 8.55. The van der Waals surface area contributed by atoms with E-state index in [1.165, 1.54) is 29.8 Å². The van der Waals surface area contributed by atoms with Crippen molar-refractivity contribution in [3.63, 3.8) is 0 Å². The number of carbonyl (C=O) groups is 1. The van der Waals surface area contributed by atoms with Crippen molar-refractivity contribution < 1.29 is 4.79 Å². The second-order valence-corrected chi connectivity index (χ2v) is 7.44. The van der Waals surface area contributed by atoms with Crippen LogP contribution in [0.2, 0.25) is 0 Å². The summed E-state index contributed by atoms with van der Waals surface area (Å²) in [5.41, 5.74) is 3.24. The molecule has 1 aliphatic carbocycles. The van der Waals surface area contributed by atoms with Gasteiger partial charge in [-0.2, -0.15) is 5.10 Å². The third-order valence-corrected chi connectivity index (χ3v) is 5.54. The number of hydrogen-bond acceptors (Lipinski definition) is 4. The molecule has 0 fully saturated rings. The molecule has 23 heavy (non-hydrogen) atoms. The van der Waals surface area contributed by atoms with Crippen LogP contribution in [-0.2, 0) is 24.1 Å². The number of aryl methyl sites for hydroxylation is 4. The van der Waals surface area contributed by atoms with E-state index >= 15 is 0 Å². The Kier molecular flexibility index (Phi) is 4.80. The minimum Gasteiger partial charge on any atom is -0.354 e. The standard InChI is InChI=1S/C17H24N4OS/c1-11-10-12(2)21(20-11)13(3)17(22)18-9-8-16-19-14-6-4-5-7-15(14)23-16/h10,13H,4-9H2,1-3H3,(H,18,22)/t13-/m1/s1. The van der Waals surface area contributed by atoms with Crippen LogP contribution in [0, 0.1) is 13.8 Å². The number of rotatable bonds is 5. The van der Waals surface area contributed by atoms with Gasteiger partial charge in [-0.3, -0.25) is 9.48 Å². The summed E-state index contributed by atoms with van der Waals surface area (Å²) in [5.74, 6) is 0.0116. The van der Waals surface area contributed by atoms with Gasteiger partial charge in [-0.05, 0) is 52.5 Å². The minimum absolute atomic E-state index is 0.0116. The average Bonchev–Trinajstić information content (AvgIpc) is 3.08. The first-order valence-corrected chi connectivity index (χ1v) is 9.14. The number of nitrogens with zero attached hydrogens (tertiary/aromatic N) is 3. The third kappa shape index (κ3) is 3.63. The summed E-state index contributed by atoms with van der Waals surface area (Å²) in [4.78, 5) is 18.5. The SMILES string of the molecule is Cc1cc(C)n([C@H](C)C(=O)NCCc2nc3c(s2)CCCC3)n1. The maximum atomic E-state index is 12.3. The van der Waals surface area contributed by atoms with Crippen molar-refractivity contribution in [3.05, 3.63) is 33.0 Å². The molecule has 2 aromatic rings. The Hall–Kier alpha value is -1.69. The number of fused-ring (bicyclic) bond motifs is 1. The van der Waals surface area contributed by atoms with E-state index in [0.29, 0.717) is 6.54 Å². The average molecular weight is 332 g/mol. The Bertz CT molecular complexity index is 680. The van der Waals surface area contributed by atoms with Crippen LogP contribution in [0.15, 0.2) is 6.07 Å². The number of thiazole rings is 1. The van der Waals surface area contributed by atoms with Gasteiger partial charge in [-0.15, -0.1) is 11.3 Å². The van der Waals surface area contributed by atoms with Crippen molar-refractivity contribution in [1.29, 1.82) is 0 Å². The highest BCUT2D eigenvalue weighted by molar-refractivity contribution is 7.11. The van der Waals surface area contributed by atoms with Crippen molar-refractivity contribution in [1.82, 2.24) is 20.1 Å². The van der Waals surface area contributed by atoms with Crippen LogP contribution in [0.3, 0.4) is 0 Å². The van der Waals surface area contributed by atoms with Crippen LogP contribution in [-0.4, -0.2) is 27.2 Å². The molecular weight excluding hydrogens is 308 g/mol. The predicted molar refractivity (Wildman–Crippen MR) is 91.9 cm³/mol. The van der Waals surface area contributed by atoms with Gasteiger partial charge in [0.1, 0.15) is 6.04 Å². The van der Waals surface area contributed by atoms with Crippen LogP contribution >= 0.6 is 11.3 Å². The highest BCUT2D eigenvalue weighted by Gasteiger charge is 2.18. The summed E-state index contributed by atoms with van der Waals surface area (Å²) in [6, 6.07) is 1.71. The molecule has 2 heterocycles. The molecule has 0 saturated carbocycles. The molecule has 0 radical (unpaired) electrons. The molecule has 0 unspecified atom stereocenters. The number of aromatic nitrogens is 3. The molecule has 0 saturated heterocycles. The lowest BCUT2D eigenvalue weighted by Crippen LogP contribution is -2.33. The monoisotopic (exact) mass is 332 g/mol. The first kappa shape index (κ1) is 16.2. The Labute approximate surface area is 141 Å². The largest absolute Gasteiger partial charge is 0.354 e. The topological polar surface area (TPSA) is 59.8 Å². The smallest absolute Gasteiger partial charge is 0.244 e. The predicted octanol–water partition coefficient (Wildman–Crippen LogP) is 2.76. The molecule has 0 spiro atoms. The van der Waals surface area contributed by atoms with Gasteiger partial charge in [0.05, 0.1) is 16.4 Å². The normalized spacial score (nSPS) is 15.3. The number of hydrogen-bond donors (Lipinski definition) is 1. The van der Waals surface area contributed by atoms with Gasteiger partial charge in [-0.1, -0.05) is 0 Å². The van der Waals surface area contributed by atoms with Crippen LogP contribution in [0.1, 0.15) is 52.8 Å². The number of amides is 1. The molecule has 6 heteroatoms. The summed E-state index contributed by atoms with van der Waals surface area (Å²) in [7, 11) is 0. The van der Waals surface area contributed by atoms with Gasteiger partial charge in [-0.25, -0.2) is 4.98 Å². The van der Waals surface area contributed by atoms with E-state index in [0.717, 1.165) is 29.2 Å². The molecule has 1 amide bonds. The second kappa shape index (κ2) is 6.83. The van der Waals surface area contributed by atoms with Crippen LogP contribution in [0.4, 0.5) is 0 Å². The zero-order valence-electron chi connectivity index (χ0n) is 14.1. The summed E-state index contributed by atoms with van der Waals surface area (Å²) in [6.45, 7) is 6.44. The fraction of sp³-hybridized carbons (Fsp3) is 0.588. The van der Waals surface area contributed by atoms with E-state index in [1.54, 1.807) is 4.68 Å².